The molecule has 3 heteroatoms. The summed E-state index contributed by atoms with van der Waals surface area (Å²) in [5.41, 5.74) is 15.2. The molecule has 0 aromatic heterocycles. The fraction of sp³-hybridized carbons (Fsp3) is 0.333. The van der Waals surface area contributed by atoms with Gasteiger partial charge in [0.15, 0.2) is 0 Å². The lowest BCUT2D eigenvalue weighted by atomic mass is 9.87. The minimum atomic E-state index is -0.819. The van der Waals surface area contributed by atoms with E-state index in [0.29, 0.717) is 12.3 Å². The molecule has 2 atom stereocenters. The van der Waals surface area contributed by atoms with E-state index in [1.807, 2.05) is 18.2 Å². The number of halogens is 1. The van der Waals surface area contributed by atoms with Gasteiger partial charge in [-0.2, -0.15) is 0 Å². The molecule has 18 heavy (non-hydrogen) atoms. The molecule has 1 aliphatic rings. The van der Waals surface area contributed by atoms with Crippen molar-refractivity contribution >= 4 is 11.6 Å². The van der Waals surface area contributed by atoms with Gasteiger partial charge in [-0.3, -0.25) is 0 Å². The SMILES string of the molecule is CC(Cc1ccccc1)C1=C(N)CC(N)(Cl)C=C1. The first kappa shape index (κ1) is 13.2. The Kier molecular flexibility index (Phi) is 3.79. The molecule has 2 rings (SSSR count). The first-order valence-electron chi connectivity index (χ1n) is 6.17. The van der Waals surface area contributed by atoms with E-state index in [9.17, 15) is 0 Å². The molecule has 0 bridgehead atoms. The van der Waals surface area contributed by atoms with Gasteiger partial charge in [-0.1, -0.05) is 54.9 Å². The number of hydrogen-bond acceptors (Lipinski definition) is 2. The molecule has 0 radical (unpaired) electrons. The molecule has 2 nitrogen and oxygen atoms in total. The molecule has 1 aromatic carbocycles. The molecular weight excluding hydrogens is 244 g/mol. The van der Waals surface area contributed by atoms with Crippen LogP contribution in [-0.4, -0.2) is 5.00 Å². The second-order valence-electron chi connectivity index (χ2n) is 5.01. The van der Waals surface area contributed by atoms with Crippen LogP contribution in [0.15, 0.2) is 53.8 Å². The zero-order valence-corrected chi connectivity index (χ0v) is 11.3. The number of benzene rings is 1. The Hall–Kier alpha value is -1.25. The fourth-order valence-electron chi connectivity index (χ4n) is 2.35. The second kappa shape index (κ2) is 5.17. The summed E-state index contributed by atoms with van der Waals surface area (Å²) >= 11 is 6.07. The third kappa shape index (κ3) is 3.15. The third-order valence-electron chi connectivity index (χ3n) is 3.29. The number of allylic oxidation sites excluding steroid dienone is 2. The van der Waals surface area contributed by atoms with Crippen molar-refractivity contribution in [3.05, 3.63) is 59.3 Å². The van der Waals surface area contributed by atoms with Crippen LogP contribution in [0.25, 0.3) is 0 Å². The summed E-state index contributed by atoms with van der Waals surface area (Å²) in [4.78, 5) is -0.819. The van der Waals surface area contributed by atoms with Crippen LogP contribution < -0.4 is 11.5 Å². The van der Waals surface area contributed by atoms with E-state index in [4.69, 9.17) is 23.1 Å². The smallest absolute Gasteiger partial charge is 0.115 e. The molecule has 1 aliphatic carbocycles. The Morgan fingerprint density at radius 1 is 1.33 bits per heavy atom. The van der Waals surface area contributed by atoms with E-state index in [0.717, 1.165) is 17.7 Å². The number of nitrogens with two attached hydrogens (primary N) is 2. The van der Waals surface area contributed by atoms with Crippen LogP contribution in [0.1, 0.15) is 18.9 Å². The number of alkyl halides is 1. The van der Waals surface area contributed by atoms with Crippen LogP contribution in [0.3, 0.4) is 0 Å². The van der Waals surface area contributed by atoms with Crippen LogP contribution in [0.5, 0.6) is 0 Å². The van der Waals surface area contributed by atoms with Gasteiger partial charge in [-0.25, -0.2) is 0 Å². The van der Waals surface area contributed by atoms with Crippen molar-refractivity contribution in [2.24, 2.45) is 17.4 Å². The average Bonchev–Trinajstić information content (AvgIpc) is 2.28. The van der Waals surface area contributed by atoms with Gasteiger partial charge in [0, 0.05) is 12.1 Å². The Balaban J connectivity index is 2.11. The van der Waals surface area contributed by atoms with E-state index in [-0.39, 0.29) is 0 Å². The van der Waals surface area contributed by atoms with Gasteiger partial charge in [-0.05, 0) is 29.6 Å². The maximum Gasteiger partial charge on any atom is 0.115 e. The topological polar surface area (TPSA) is 52.0 Å². The van der Waals surface area contributed by atoms with Crippen molar-refractivity contribution in [3.63, 3.8) is 0 Å². The van der Waals surface area contributed by atoms with E-state index in [2.05, 4.69) is 31.2 Å². The zero-order valence-electron chi connectivity index (χ0n) is 10.6. The van der Waals surface area contributed by atoms with Crippen LogP contribution >= 0.6 is 11.6 Å². The molecule has 4 N–H and O–H groups in total. The molecule has 0 saturated heterocycles. The summed E-state index contributed by atoms with van der Waals surface area (Å²) in [5, 5.41) is 0. The predicted molar refractivity (Wildman–Crippen MR) is 77.1 cm³/mol. The lowest BCUT2D eigenvalue weighted by Gasteiger charge is -2.26. The summed E-state index contributed by atoms with van der Waals surface area (Å²) < 4.78 is 0. The summed E-state index contributed by atoms with van der Waals surface area (Å²) in [6.45, 7) is 2.18. The van der Waals surface area contributed by atoms with Gasteiger partial charge in [0.1, 0.15) is 5.00 Å². The lowest BCUT2D eigenvalue weighted by Crippen LogP contribution is -2.35. The highest BCUT2D eigenvalue weighted by Crippen LogP contribution is 2.30. The van der Waals surface area contributed by atoms with E-state index in [1.54, 1.807) is 0 Å². The van der Waals surface area contributed by atoms with Crippen molar-refractivity contribution in [1.82, 2.24) is 0 Å². The minimum absolute atomic E-state index is 0.372. The van der Waals surface area contributed by atoms with Gasteiger partial charge in [0.25, 0.3) is 0 Å². The minimum Gasteiger partial charge on any atom is -0.402 e. The average molecular weight is 263 g/mol. The first-order valence-corrected chi connectivity index (χ1v) is 6.55. The molecule has 0 heterocycles. The second-order valence-corrected chi connectivity index (χ2v) is 5.71. The fourth-order valence-corrected chi connectivity index (χ4v) is 2.55. The highest BCUT2D eigenvalue weighted by molar-refractivity contribution is 6.25. The molecule has 0 saturated carbocycles. The van der Waals surface area contributed by atoms with Crippen LogP contribution in [0, 0.1) is 5.92 Å². The predicted octanol–water partition coefficient (Wildman–Crippen LogP) is 2.93. The molecule has 96 valence electrons. The molecule has 0 fully saturated rings. The molecule has 0 aliphatic heterocycles. The maximum atomic E-state index is 6.07. The number of hydrogen-bond donors (Lipinski definition) is 2. The van der Waals surface area contributed by atoms with E-state index < -0.39 is 5.00 Å². The van der Waals surface area contributed by atoms with Crippen LogP contribution in [0.4, 0.5) is 0 Å². The highest BCUT2D eigenvalue weighted by atomic mass is 35.5. The lowest BCUT2D eigenvalue weighted by molar-refractivity contribution is 0.636. The van der Waals surface area contributed by atoms with E-state index >= 15 is 0 Å². The van der Waals surface area contributed by atoms with Crippen molar-refractivity contribution in [3.8, 4) is 0 Å². The summed E-state index contributed by atoms with van der Waals surface area (Å²) in [7, 11) is 0. The van der Waals surface area contributed by atoms with Gasteiger partial charge < -0.3 is 11.5 Å². The van der Waals surface area contributed by atoms with Crippen LogP contribution in [0.2, 0.25) is 0 Å². The van der Waals surface area contributed by atoms with Crippen molar-refractivity contribution in [1.29, 1.82) is 0 Å². The molecule has 2 unspecified atom stereocenters. The highest BCUT2D eigenvalue weighted by Gasteiger charge is 2.25. The van der Waals surface area contributed by atoms with E-state index in [1.165, 1.54) is 5.56 Å². The Morgan fingerprint density at radius 2 is 2.00 bits per heavy atom. The molecule has 0 amide bonds. The Morgan fingerprint density at radius 3 is 2.61 bits per heavy atom. The maximum absolute atomic E-state index is 6.07. The van der Waals surface area contributed by atoms with Gasteiger partial charge in [0.05, 0.1) is 0 Å². The molecule has 1 aromatic rings. The standard InChI is InChI=1S/C15H19ClN2/c1-11(9-12-5-3-2-4-6-12)13-7-8-15(16,18)10-14(13)17/h2-8,11H,9-10,17-18H2,1H3. The third-order valence-corrected chi connectivity index (χ3v) is 3.55. The quantitative estimate of drug-likeness (QED) is 0.650. The monoisotopic (exact) mass is 262 g/mol. The molecule has 0 spiro atoms. The van der Waals surface area contributed by atoms with Gasteiger partial charge >= 0.3 is 0 Å². The van der Waals surface area contributed by atoms with Gasteiger partial charge in [0.2, 0.25) is 0 Å². The van der Waals surface area contributed by atoms with Crippen molar-refractivity contribution < 1.29 is 0 Å². The first-order chi connectivity index (χ1) is 8.48. The summed E-state index contributed by atoms with van der Waals surface area (Å²) in [6, 6.07) is 10.4. The normalized spacial score (nSPS) is 25.3. The van der Waals surface area contributed by atoms with Gasteiger partial charge in [-0.15, -0.1) is 0 Å². The zero-order chi connectivity index (χ0) is 13.2. The van der Waals surface area contributed by atoms with Crippen molar-refractivity contribution in [2.75, 3.05) is 0 Å². The van der Waals surface area contributed by atoms with Crippen LogP contribution in [-0.2, 0) is 6.42 Å². The largest absolute Gasteiger partial charge is 0.402 e. The summed E-state index contributed by atoms with van der Waals surface area (Å²) in [6.07, 6.45) is 5.29. The number of rotatable bonds is 3. The Bertz CT molecular complexity index is 475. The summed E-state index contributed by atoms with van der Waals surface area (Å²) in [5.74, 6) is 0.372. The molecular formula is C15H19ClN2. The Labute approximate surface area is 113 Å². The van der Waals surface area contributed by atoms with Crippen molar-refractivity contribution in [2.45, 2.75) is 24.8 Å².